The number of phenols is 2. The molecule has 2 rings (SSSR count). The van der Waals surface area contributed by atoms with E-state index in [1.54, 1.807) is 13.0 Å². The summed E-state index contributed by atoms with van der Waals surface area (Å²) in [6.07, 6.45) is 2.45. The Morgan fingerprint density at radius 1 is 1.20 bits per heavy atom. The normalized spacial score (nSPS) is 26.2. The van der Waals surface area contributed by atoms with Crippen molar-refractivity contribution in [3.63, 3.8) is 0 Å². The van der Waals surface area contributed by atoms with Gasteiger partial charge in [-0.05, 0) is 19.4 Å². The minimum absolute atomic E-state index is 0.00722. The lowest BCUT2D eigenvalue weighted by molar-refractivity contribution is -0.118. The number of hydrogen-bond acceptors (Lipinski definition) is 8. The molecular weight excluding hydrogens is 416 g/mol. The molecule has 0 bridgehead atoms. The van der Waals surface area contributed by atoms with E-state index < -0.39 is 41.7 Å². The zero-order chi connectivity index (χ0) is 22.4. The number of rotatable bonds is 1. The summed E-state index contributed by atoms with van der Waals surface area (Å²) in [7, 11) is 0. The van der Waals surface area contributed by atoms with Crippen molar-refractivity contribution in [2.24, 2.45) is 5.10 Å². The predicted octanol–water partition coefficient (Wildman–Crippen LogP) is 1.87. The molecule has 0 spiro atoms. The average Bonchev–Trinajstić information content (AvgIpc) is 2.66. The van der Waals surface area contributed by atoms with Gasteiger partial charge in [-0.25, -0.2) is 10.2 Å². The number of aliphatic hydroxyl groups excluding tert-OH is 2. The number of fused-ring (bicyclic) bond motifs is 1. The number of ether oxygens (including phenoxy) is 1. The second kappa shape index (κ2) is 10.2. The number of cyclic esters (lactones) is 1. The van der Waals surface area contributed by atoms with E-state index in [9.17, 15) is 30.0 Å². The van der Waals surface area contributed by atoms with Gasteiger partial charge in [0.25, 0.3) is 0 Å². The van der Waals surface area contributed by atoms with Crippen LogP contribution in [0, 0.1) is 0 Å². The van der Waals surface area contributed by atoms with Gasteiger partial charge >= 0.3 is 5.97 Å². The number of amides is 1. The molecule has 30 heavy (non-hydrogen) atoms. The minimum Gasteiger partial charge on any atom is -0.507 e. The van der Waals surface area contributed by atoms with Gasteiger partial charge in [-0.2, -0.15) is 5.10 Å². The van der Waals surface area contributed by atoms with E-state index in [-0.39, 0.29) is 34.7 Å². The molecule has 0 unspecified atom stereocenters. The fourth-order valence-corrected chi connectivity index (χ4v) is 2.90. The molecule has 0 saturated carbocycles. The molecule has 1 aliphatic heterocycles. The van der Waals surface area contributed by atoms with Crippen molar-refractivity contribution < 1.29 is 34.8 Å². The van der Waals surface area contributed by atoms with Crippen LogP contribution >= 0.6 is 11.6 Å². The highest BCUT2D eigenvalue weighted by atomic mass is 35.5. The summed E-state index contributed by atoms with van der Waals surface area (Å²) in [6.45, 7) is 2.86. The summed E-state index contributed by atoms with van der Waals surface area (Å²) < 4.78 is 5.33. The number of carbonyl (C=O) groups is 2. The Hall–Kier alpha value is -2.88. The van der Waals surface area contributed by atoms with Crippen molar-refractivity contribution in [1.82, 2.24) is 5.43 Å². The van der Waals surface area contributed by atoms with Gasteiger partial charge in [-0.1, -0.05) is 29.8 Å². The number of carbonyl (C=O) groups excluding carboxylic acids is 2. The van der Waals surface area contributed by atoms with Crippen LogP contribution in [0.15, 0.2) is 29.4 Å². The monoisotopic (exact) mass is 438 g/mol. The molecule has 3 atom stereocenters. The number of benzene rings is 1. The standard InChI is InChI=1S/C20H23ClN2O7/c1-10-5-3-7-13(23-22-11(2)24)19(28)14(25)8-4-6-12-17(20(29)30-10)15(26)9-16(27)18(12)21/h3-4,6-7,9-10,14,19,25-28H,5,8H2,1-2H3,(H,22,24)/b6-4+,7-3-,23-13?/t10-,14-,19+/m0/s1. The van der Waals surface area contributed by atoms with E-state index in [1.807, 2.05) is 0 Å². The average molecular weight is 439 g/mol. The van der Waals surface area contributed by atoms with Gasteiger partial charge in [0.2, 0.25) is 5.91 Å². The fraction of sp³-hybridized carbons (Fsp3) is 0.350. The van der Waals surface area contributed by atoms with E-state index in [0.717, 1.165) is 6.07 Å². The van der Waals surface area contributed by atoms with Gasteiger partial charge in [0.05, 0.1) is 16.8 Å². The Balaban J connectivity index is 2.49. The maximum absolute atomic E-state index is 12.6. The van der Waals surface area contributed by atoms with Crippen molar-refractivity contribution in [2.45, 2.75) is 45.0 Å². The van der Waals surface area contributed by atoms with Crippen molar-refractivity contribution in [3.8, 4) is 11.5 Å². The van der Waals surface area contributed by atoms with E-state index in [2.05, 4.69) is 10.5 Å². The van der Waals surface area contributed by atoms with Gasteiger partial charge in [0.15, 0.2) is 0 Å². The van der Waals surface area contributed by atoms with Crippen LogP contribution in [-0.2, 0) is 9.53 Å². The first kappa shape index (κ1) is 23.4. The molecule has 0 aliphatic carbocycles. The van der Waals surface area contributed by atoms with Gasteiger partial charge in [-0.3, -0.25) is 4.79 Å². The second-order valence-corrected chi connectivity index (χ2v) is 7.10. The summed E-state index contributed by atoms with van der Waals surface area (Å²) in [6, 6.07) is 0.938. The molecule has 9 nitrogen and oxygen atoms in total. The van der Waals surface area contributed by atoms with Crippen LogP contribution in [0.4, 0.5) is 0 Å². The lowest BCUT2D eigenvalue weighted by Crippen LogP contribution is -2.34. The highest BCUT2D eigenvalue weighted by Crippen LogP contribution is 2.37. The predicted molar refractivity (Wildman–Crippen MR) is 110 cm³/mol. The topological polar surface area (TPSA) is 149 Å². The van der Waals surface area contributed by atoms with Crippen LogP contribution < -0.4 is 5.43 Å². The maximum Gasteiger partial charge on any atom is 0.342 e. The molecule has 0 aromatic heterocycles. The van der Waals surface area contributed by atoms with Crippen LogP contribution in [0.5, 0.6) is 11.5 Å². The molecule has 1 aromatic rings. The van der Waals surface area contributed by atoms with Crippen LogP contribution in [0.25, 0.3) is 6.08 Å². The molecule has 162 valence electrons. The van der Waals surface area contributed by atoms with Gasteiger partial charge in [0.1, 0.15) is 29.3 Å². The molecule has 1 aliphatic rings. The quantitative estimate of drug-likeness (QED) is 0.332. The Morgan fingerprint density at radius 2 is 1.87 bits per heavy atom. The zero-order valence-electron chi connectivity index (χ0n) is 16.4. The third-order valence-electron chi connectivity index (χ3n) is 4.20. The van der Waals surface area contributed by atoms with Crippen LogP contribution in [0.1, 0.15) is 42.6 Å². The van der Waals surface area contributed by atoms with Crippen LogP contribution in [0.3, 0.4) is 0 Å². The number of nitrogens with zero attached hydrogens (tertiary/aromatic N) is 1. The molecule has 5 N–H and O–H groups in total. The SMILES string of the molecule is CC(=O)NN=C1/C=C\C[C@H](C)OC(=O)c2c(O)cc(O)c(Cl)c2/C=C/C[C@H](O)[C@@H]1O. The molecule has 10 heteroatoms. The Labute approximate surface area is 177 Å². The second-order valence-electron chi connectivity index (χ2n) is 6.73. The summed E-state index contributed by atoms with van der Waals surface area (Å²) in [5, 5.41) is 44.3. The first-order valence-electron chi connectivity index (χ1n) is 9.10. The molecule has 0 radical (unpaired) electrons. The first-order valence-corrected chi connectivity index (χ1v) is 9.48. The largest absolute Gasteiger partial charge is 0.507 e. The maximum atomic E-state index is 12.6. The third kappa shape index (κ3) is 5.82. The third-order valence-corrected chi connectivity index (χ3v) is 4.60. The number of aromatic hydroxyl groups is 2. The van der Waals surface area contributed by atoms with Crippen LogP contribution in [-0.4, -0.2) is 56.3 Å². The zero-order valence-corrected chi connectivity index (χ0v) is 17.1. The molecule has 1 heterocycles. The smallest absolute Gasteiger partial charge is 0.342 e. The van der Waals surface area contributed by atoms with Crippen molar-refractivity contribution in [3.05, 3.63) is 40.4 Å². The highest BCUT2D eigenvalue weighted by Gasteiger charge is 2.25. The van der Waals surface area contributed by atoms with Gasteiger partial charge in [0, 0.05) is 25.0 Å². The number of nitrogens with one attached hydrogen (secondary N) is 1. The fourth-order valence-electron chi connectivity index (χ4n) is 2.69. The lowest BCUT2D eigenvalue weighted by atomic mass is 10.0. The van der Waals surface area contributed by atoms with E-state index in [0.29, 0.717) is 0 Å². The molecular formula is C20H23ClN2O7. The molecule has 0 saturated heterocycles. The lowest BCUT2D eigenvalue weighted by Gasteiger charge is -2.18. The first-order chi connectivity index (χ1) is 14.1. The van der Waals surface area contributed by atoms with Crippen molar-refractivity contribution in [2.75, 3.05) is 0 Å². The minimum atomic E-state index is -1.42. The summed E-state index contributed by atoms with van der Waals surface area (Å²) >= 11 is 6.09. The van der Waals surface area contributed by atoms with E-state index >= 15 is 0 Å². The van der Waals surface area contributed by atoms with Gasteiger partial charge in [-0.15, -0.1) is 0 Å². The summed E-state index contributed by atoms with van der Waals surface area (Å²) in [4.78, 5) is 23.7. The highest BCUT2D eigenvalue weighted by molar-refractivity contribution is 6.34. The van der Waals surface area contributed by atoms with Crippen LogP contribution in [0.2, 0.25) is 5.02 Å². The Morgan fingerprint density at radius 3 is 2.53 bits per heavy atom. The Kier molecular flexibility index (Phi) is 7.99. The molecule has 1 amide bonds. The number of phenolic OH excluding ortho intramolecular Hbond substituents is 2. The summed E-state index contributed by atoms with van der Waals surface area (Å²) in [5.41, 5.74) is 1.99. The van der Waals surface area contributed by atoms with Gasteiger partial charge < -0.3 is 25.2 Å². The van der Waals surface area contributed by atoms with Crippen molar-refractivity contribution in [1.29, 1.82) is 0 Å². The number of esters is 1. The molecule has 0 fully saturated rings. The summed E-state index contributed by atoms with van der Waals surface area (Å²) in [5.74, 6) is -2.25. The number of hydrogen-bond donors (Lipinski definition) is 5. The number of aliphatic hydroxyl groups is 2. The number of halogens is 1. The van der Waals surface area contributed by atoms with E-state index in [1.165, 1.54) is 25.2 Å². The van der Waals surface area contributed by atoms with Crippen molar-refractivity contribution >= 4 is 35.3 Å². The Bertz CT molecular complexity index is 911. The molecule has 1 aromatic carbocycles. The number of hydrazone groups is 1. The van der Waals surface area contributed by atoms with E-state index in [4.69, 9.17) is 16.3 Å².